The van der Waals surface area contributed by atoms with Gasteiger partial charge in [0.2, 0.25) is 5.91 Å². The maximum atomic E-state index is 14.0. The minimum atomic E-state index is -2.98. The molecule has 284 valence electrons. The summed E-state index contributed by atoms with van der Waals surface area (Å²) in [5.74, 6) is 4.76. The van der Waals surface area contributed by atoms with Crippen LogP contribution in [0.4, 0.5) is 5.69 Å². The van der Waals surface area contributed by atoms with Crippen molar-refractivity contribution >= 4 is 44.7 Å². The summed E-state index contributed by atoms with van der Waals surface area (Å²) in [6.07, 6.45) is 6.97. The van der Waals surface area contributed by atoms with Gasteiger partial charge in [-0.05, 0) is 131 Å². The number of piperazine rings is 1. The summed E-state index contributed by atoms with van der Waals surface area (Å²) in [7, 11) is -2.98. The van der Waals surface area contributed by atoms with Crippen molar-refractivity contribution < 1.29 is 23.6 Å². The Bertz CT molecular complexity index is 1800. The van der Waals surface area contributed by atoms with Gasteiger partial charge in [-0.15, -0.1) is 0 Å². The average Bonchev–Trinajstić information content (AvgIpc) is 3.22. The van der Waals surface area contributed by atoms with Crippen LogP contribution in [0, 0.1) is 17.8 Å². The van der Waals surface area contributed by atoms with Gasteiger partial charge in [0.15, 0.2) is 0 Å². The number of ether oxygens (including phenoxy) is 1. The van der Waals surface area contributed by atoms with Gasteiger partial charge < -0.3 is 19.6 Å². The molecule has 1 saturated carbocycles. The normalized spacial score (nSPS) is 34.5. The van der Waals surface area contributed by atoms with E-state index in [1.54, 1.807) is 6.07 Å². The van der Waals surface area contributed by atoms with E-state index in [2.05, 4.69) is 53.3 Å². The Labute approximate surface area is 315 Å². The zero-order valence-corrected chi connectivity index (χ0v) is 32.9. The smallest absolute Gasteiger partial charge is 0.262 e. The summed E-state index contributed by atoms with van der Waals surface area (Å²) >= 11 is 6.49. The molecule has 3 aliphatic heterocycles. The number of aryl methyl sites for hydroxylation is 1. The number of nitrogens with zero attached hydrogens (tertiary/aromatic N) is 3. The number of hydrogen-bond donors (Lipinski definition) is 2. The van der Waals surface area contributed by atoms with Crippen LogP contribution in [-0.4, -0.2) is 99.6 Å². The van der Waals surface area contributed by atoms with Crippen molar-refractivity contribution in [3.8, 4) is 5.75 Å². The maximum absolute atomic E-state index is 14.0. The van der Waals surface area contributed by atoms with Crippen LogP contribution >= 0.6 is 11.6 Å². The topological polar surface area (TPSA) is 102 Å². The van der Waals surface area contributed by atoms with Gasteiger partial charge in [-0.3, -0.25) is 19.2 Å². The highest BCUT2D eigenvalue weighted by Gasteiger charge is 2.50. The summed E-state index contributed by atoms with van der Waals surface area (Å²) in [5.41, 5.74) is 2.54. The molecule has 2 amide bonds. The van der Waals surface area contributed by atoms with Crippen LogP contribution in [0.25, 0.3) is 0 Å². The van der Waals surface area contributed by atoms with Gasteiger partial charge in [-0.1, -0.05) is 31.0 Å². The molecule has 1 spiro atoms. The lowest BCUT2D eigenvalue weighted by atomic mass is 9.62. The molecule has 7 atom stereocenters. The number of anilines is 1. The van der Waals surface area contributed by atoms with E-state index in [4.69, 9.17) is 16.3 Å². The maximum Gasteiger partial charge on any atom is 0.262 e. The van der Waals surface area contributed by atoms with Crippen molar-refractivity contribution in [2.75, 3.05) is 50.8 Å². The van der Waals surface area contributed by atoms with Gasteiger partial charge >= 0.3 is 0 Å². The van der Waals surface area contributed by atoms with E-state index in [-0.39, 0.29) is 40.4 Å². The first-order chi connectivity index (χ1) is 24.7. The van der Waals surface area contributed by atoms with E-state index in [0.717, 1.165) is 68.0 Å². The molecule has 5 aliphatic rings. The Morgan fingerprint density at radius 3 is 2.62 bits per heavy atom. The molecule has 11 heteroatoms. The van der Waals surface area contributed by atoms with Crippen molar-refractivity contribution in [2.24, 2.45) is 17.8 Å². The van der Waals surface area contributed by atoms with Crippen LogP contribution in [-0.2, 0) is 26.3 Å². The third-order valence-electron chi connectivity index (χ3n) is 13.3. The Kier molecular flexibility index (Phi) is 10.4. The van der Waals surface area contributed by atoms with Gasteiger partial charge in [-0.2, -0.15) is 0 Å². The average molecular weight is 753 g/mol. The summed E-state index contributed by atoms with van der Waals surface area (Å²) in [6.45, 7) is 12.2. The molecule has 9 nitrogen and oxygen atoms in total. The molecule has 2 bridgehead atoms. The van der Waals surface area contributed by atoms with E-state index in [1.807, 2.05) is 30.0 Å². The van der Waals surface area contributed by atoms with Crippen LogP contribution < -0.4 is 14.4 Å². The minimum absolute atomic E-state index is 0.0104. The molecule has 1 unspecified atom stereocenters. The van der Waals surface area contributed by atoms with Gasteiger partial charge in [-0.25, -0.2) is 4.21 Å². The van der Waals surface area contributed by atoms with E-state index < -0.39 is 21.2 Å². The fourth-order valence-corrected chi connectivity index (χ4v) is 11.6. The predicted octanol–water partition coefficient (Wildman–Crippen LogP) is 5.69. The van der Waals surface area contributed by atoms with Crippen molar-refractivity contribution in [2.45, 2.75) is 101 Å². The molecular weight excluding hydrogens is 696 g/mol. The highest BCUT2D eigenvalue weighted by atomic mass is 35.5. The summed E-state index contributed by atoms with van der Waals surface area (Å²) < 4.78 is 23.5. The first-order valence-corrected chi connectivity index (χ1v) is 21.6. The monoisotopic (exact) mass is 752 g/mol. The second-order valence-electron chi connectivity index (χ2n) is 17.0. The quantitative estimate of drug-likeness (QED) is 0.389. The van der Waals surface area contributed by atoms with Crippen LogP contribution in [0.2, 0.25) is 5.02 Å². The van der Waals surface area contributed by atoms with Crippen LogP contribution in [0.15, 0.2) is 36.4 Å². The van der Waals surface area contributed by atoms with Crippen LogP contribution in [0.5, 0.6) is 5.75 Å². The Balaban J connectivity index is 1.26. The standard InChI is InChI=1S/C41H57ClN4O5S/c1-27(2)46-19-18-44(23-38(46)47)25-41(49)17-6-8-28(3)29(4)52(5,50)43-39(48)31-11-15-37-36(21-31)45(22-32-10-13-35(32)41)24-40(26-51-37)16-7-9-30-20-33(42)12-14-34(30)40/h11-12,14-15,20-21,27-29,32,35,49H,5-10,13,16-19,22-26H2,1-4H3,(H,43,48,50)/t28-,29+,32-,35+,40-,41-,52?/m0/s1. The fourth-order valence-electron chi connectivity index (χ4n) is 9.87. The molecule has 2 aromatic carbocycles. The minimum Gasteiger partial charge on any atom is -0.490 e. The van der Waals surface area contributed by atoms with Gasteiger partial charge in [0.25, 0.3) is 5.91 Å². The van der Waals surface area contributed by atoms with Gasteiger partial charge in [0.1, 0.15) is 5.75 Å². The highest BCUT2D eigenvalue weighted by molar-refractivity contribution is 7.99. The molecular formula is C41H57ClN4O5S. The predicted molar refractivity (Wildman–Crippen MR) is 210 cm³/mol. The number of nitrogens with one attached hydrogen (secondary N) is 1. The second-order valence-corrected chi connectivity index (χ2v) is 19.8. The molecule has 3 heterocycles. The SMILES string of the molecule is C=S1(=O)NC(=O)c2ccc3c(c2)N(C[C@@H]2CC[C@H]2[C@@](O)(CN2CCN(C(C)C)C(=O)C2)CCC[C@H](C)[C@H]1C)C[C@@]1(CCCc2cc(Cl)ccc21)CO3. The fraction of sp³-hybridized carbons (Fsp3) is 0.634. The number of aliphatic hydroxyl groups is 1. The summed E-state index contributed by atoms with van der Waals surface area (Å²) in [4.78, 5) is 33.4. The number of rotatable bonds is 3. The molecule has 2 aromatic rings. The third-order valence-corrected chi connectivity index (χ3v) is 15.7. The number of halogens is 1. The number of hydrogen-bond acceptors (Lipinski definition) is 7. The zero-order valence-electron chi connectivity index (χ0n) is 31.4. The van der Waals surface area contributed by atoms with Gasteiger partial charge in [0.05, 0.1) is 34.1 Å². The van der Waals surface area contributed by atoms with Gasteiger partial charge in [0, 0.05) is 60.0 Å². The molecule has 0 aromatic heterocycles. The number of β-amino-alcohol motifs (C(OH)–C–C–N with tert-alkyl or cyclic N) is 1. The number of carbonyl (C=O) groups is 2. The van der Waals surface area contributed by atoms with E-state index >= 15 is 0 Å². The van der Waals surface area contributed by atoms with Crippen molar-refractivity contribution in [1.29, 1.82) is 0 Å². The summed E-state index contributed by atoms with van der Waals surface area (Å²) in [5, 5.41) is 13.2. The molecule has 1 saturated heterocycles. The van der Waals surface area contributed by atoms with E-state index in [1.165, 1.54) is 11.1 Å². The first-order valence-electron chi connectivity index (χ1n) is 19.4. The number of amides is 2. The molecule has 2 fully saturated rings. The van der Waals surface area contributed by atoms with Crippen molar-refractivity contribution in [1.82, 2.24) is 14.5 Å². The lowest BCUT2D eigenvalue weighted by Crippen LogP contribution is -2.60. The van der Waals surface area contributed by atoms with E-state index in [0.29, 0.717) is 51.3 Å². The number of fused-ring (bicyclic) bond motifs is 4. The van der Waals surface area contributed by atoms with E-state index in [9.17, 15) is 18.9 Å². The highest BCUT2D eigenvalue weighted by Crippen LogP contribution is 2.49. The Morgan fingerprint density at radius 1 is 1.08 bits per heavy atom. The molecule has 2 N–H and O–H groups in total. The second kappa shape index (κ2) is 14.5. The van der Waals surface area contributed by atoms with Crippen molar-refractivity contribution in [3.05, 3.63) is 58.1 Å². The van der Waals surface area contributed by atoms with Crippen LogP contribution in [0.1, 0.15) is 94.1 Å². The molecule has 2 aliphatic carbocycles. The first kappa shape index (κ1) is 37.5. The molecule has 0 radical (unpaired) electrons. The molecule has 52 heavy (non-hydrogen) atoms. The van der Waals surface area contributed by atoms with Crippen LogP contribution in [0.3, 0.4) is 0 Å². The lowest BCUT2D eigenvalue weighted by Gasteiger charge is -2.52. The summed E-state index contributed by atoms with van der Waals surface area (Å²) in [6, 6.07) is 11.9. The third kappa shape index (κ3) is 7.21. The largest absolute Gasteiger partial charge is 0.490 e. The Hall–Kier alpha value is -2.79. The van der Waals surface area contributed by atoms with Crippen molar-refractivity contribution in [3.63, 3.8) is 0 Å². The lowest BCUT2D eigenvalue weighted by molar-refractivity contribution is -0.143. The number of carbonyl (C=O) groups excluding carboxylic acids is 2. The number of benzene rings is 2. The molecule has 7 rings (SSSR count). The zero-order chi connectivity index (χ0) is 37.0. The Morgan fingerprint density at radius 2 is 1.88 bits per heavy atom.